The first-order valence-electron chi connectivity index (χ1n) is 6.39. The monoisotopic (exact) mass is 214 g/mol. The van der Waals surface area contributed by atoms with E-state index in [4.69, 9.17) is 4.74 Å². The van der Waals surface area contributed by atoms with Crippen molar-refractivity contribution in [3.8, 4) is 0 Å². The average Bonchev–Trinajstić information content (AvgIpc) is 2.32. The van der Waals surface area contributed by atoms with E-state index < -0.39 is 0 Å². The Morgan fingerprint density at radius 1 is 0.800 bits per heavy atom. The molecule has 1 aliphatic heterocycles. The summed E-state index contributed by atoms with van der Waals surface area (Å²) < 4.78 is 5.65. The molecule has 0 aliphatic carbocycles. The van der Waals surface area contributed by atoms with Crippen LogP contribution >= 0.6 is 0 Å². The Morgan fingerprint density at radius 3 is 1.67 bits per heavy atom. The van der Waals surface area contributed by atoms with Gasteiger partial charge in [0, 0.05) is 13.1 Å². The molecule has 0 aromatic carbocycles. The standard InChI is InChI=1S/C12H26N2O/c1-3-13-7-5-6-8-14(4-2)10-12-15-11-9-13/h3-12H2,1-2H3. The van der Waals surface area contributed by atoms with Crippen molar-refractivity contribution >= 4 is 0 Å². The Balaban J connectivity index is 2.29. The summed E-state index contributed by atoms with van der Waals surface area (Å²) in [6, 6.07) is 0. The lowest BCUT2D eigenvalue weighted by molar-refractivity contribution is 0.0906. The van der Waals surface area contributed by atoms with Gasteiger partial charge < -0.3 is 14.5 Å². The summed E-state index contributed by atoms with van der Waals surface area (Å²) in [4.78, 5) is 4.98. The fourth-order valence-electron chi connectivity index (χ4n) is 2.02. The normalized spacial score (nSPS) is 23.6. The van der Waals surface area contributed by atoms with Crippen LogP contribution in [0.4, 0.5) is 0 Å². The average molecular weight is 214 g/mol. The number of likely N-dealkylation sites (N-methyl/N-ethyl adjacent to an activating group) is 2. The lowest BCUT2D eigenvalue weighted by atomic mass is 10.2. The molecule has 0 N–H and O–H groups in total. The van der Waals surface area contributed by atoms with E-state index in [-0.39, 0.29) is 0 Å². The highest BCUT2D eigenvalue weighted by molar-refractivity contribution is 4.61. The maximum Gasteiger partial charge on any atom is 0.0594 e. The van der Waals surface area contributed by atoms with Crippen LogP contribution in [0.1, 0.15) is 26.7 Å². The minimum atomic E-state index is 0.894. The van der Waals surface area contributed by atoms with Crippen molar-refractivity contribution in [1.29, 1.82) is 0 Å². The molecule has 0 aromatic rings. The van der Waals surface area contributed by atoms with Crippen LogP contribution in [0.2, 0.25) is 0 Å². The smallest absolute Gasteiger partial charge is 0.0594 e. The molecule has 0 bridgehead atoms. The SMILES string of the molecule is CCN1CCCCN(CC)CCOCC1. The van der Waals surface area contributed by atoms with Gasteiger partial charge in [-0.15, -0.1) is 0 Å². The van der Waals surface area contributed by atoms with Crippen molar-refractivity contribution in [2.45, 2.75) is 26.7 Å². The van der Waals surface area contributed by atoms with E-state index in [1.807, 2.05) is 0 Å². The highest BCUT2D eigenvalue weighted by Crippen LogP contribution is 2.00. The van der Waals surface area contributed by atoms with Crippen molar-refractivity contribution in [3.05, 3.63) is 0 Å². The van der Waals surface area contributed by atoms with Crippen LogP contribution in [0.15, 0.2) is 0 Å². The molecule has 0 amide bonds. The summed E-state index contributed by atoms with van der Waals surface area (Å²) in [5, 5.41) is 0. The Bertz CT molecular complexity index is 137. The molecule has 0 spiro atoms. The second kappa shape index (κ2) is 8.08. The topological polar surface area (TPSA) is 15.7 Å². The van der Waals surface area contributed by atoms with Gasteiger partial charge in [-0.2, -0.15) is 0 Å². The van der Waals surface area contributed by atoms with Gasteiger partial charge in [-0.25, -0.2) is 0 Å². The van der Waals surface area contributed by atoms with E-state index >= 15 is 0 Å². The number of rotatable bonds is 2. The van der Waals surface area contributed by atoms with Gasteiger partial charge in [-0.3, -0.25) is 0 Å². The van der Waals surface area contributed by atoms with E-state index in [0.29, 0.717) is 0 Å². The molecule has 0 unspecified atom stereocenters. The molecule has 0 aromatic heterocycles. The maximum atomic E-state index is 5.65. The number of hydrogen-bond acceptors (Lipinski definition) is 3. The molecule has 0 radical (unpaired) electrons. The Labute approximate surface area is 94.4 Å². The first-order chi connectivity index (χ1) is 7.36. The third-order valence-electron chi connectivity index (χ3n) is 3.20. The molecule has 3 heteroatoms. The summed E-state index contributed by atoms with van der Waals surface area (Å²) in [5.74, 6) is 0. The minimum absolute atomic E-state index is 0.894. The number of nitrogens with zero attached hydrogens (tertiary/aromatic N) is 2. The number of ether oxygens (including phenoxy) is 1. The predicted octanol–water partition coefficient (Wildman–Crippen LogP) is 1.44. The third kappa shape index (κ3) is 5.50. The minimum Gasteiger partial charge on any atom is -0.379 e. The summed E-state index contributed by atoms with van der Waals surface area (Å²) in [6.07, 6.45) is 2.65. The molecule has 1 heterocycles. The Morgan fingerprint density at radius 2 is 1.27 bits per heavy atom. The molecule has 90 valence electrons. The zero-order valence-corrected chi connectivity index (χ0v) is 10.4. The van der Waals surface area contributed by atoms with Crippen molar-refractivity contribution in [2.24, 2.45) is 0 Å². The Kier molecular flexibility index (Phi) is 6.98. The molecule has 1 fully saturated rings. The third-order valence-corrected chi connectivity index (χ3v) is 3.20. The Hall–Kier alpha value is -0.120. The predicted molar refractivity (Wildman–Crippen MR) is 64.3 cm³/mol. The summed E-state index contributed by atoms with van der Waals surface area (Å²) >= 11 is 0. The van der Waals surface area contributed by atoms with Crippen molar-refractivity contribution in [1.82, 2.24) is 9.80 Å². The lowest BCUT2D eigenvalue weighted by Crippen LogP contribution is -2.28. The summed E-state index contributed by atoms with van der Waals surface area (Å²) in [7, 11) is 0. The molecular formula is C12H26N2O. The van der Waals surface area contributed by atoms with Crippen LogP contribution in [-0.4, -0.2) is 62.3 Å². The van der Waals surface area contributed by atoms with Crippen molar-refractivity contribution in [3.63, 3.8) is 0 Å². The van der Waals surface area contributed by atoms with Crippen LogP contribution in [0.3, 0.4) is 0 Å². The van der Waals surface area contributed by atoms with Gasteiger partial charge in [0.25, 0.3) is 0 Å². The van der Waals surface area contributed by atoms with Gasteiger partial charge in [0.2, 0.25) is 0 Å². The second-order valence-corrected chi connectivity index (χ2v) is 4.19. The van der Waals surface area contributed by atoms with E-state index in [1.165, 1.54) is 25.9 Å². The zero-order chi connectivity index (χ0) is 10.9. The largest absolute Gasteiger partial charge is 0.379 e. The van der Waals surface area contributed by atoms with Crippen LogP contribution in [0, 0.1) is 0 Å². The summed E-state index contributed by atoms with van der Waals surface area (Å²) in [6.45, 7) is 13.2. The second-order valence-electron chi connectivity index (χ2n) is 4.19. The van der Waals surface area contributed by atoms with Gasteiger partial charge in [-0.1, -0.05) is 13.8 Å². The molecule has 15 heavy (non-hydrogen) atoms. The fraction of sp³-hybridized carbons (Fsp3) is 1.00. The van der Waals surface area contributed by atoms with E-state index in [2.05, 4.69) is 23.6 Å². The van der Waals surface area contributed by atoms with Crippen LogP contribution in [0.5, 0.6) is 0 Å². The van der Waals surface area contributed by atoms with E-state index in [0.717, 1.165) is 39.4 Å². The van der Waals surface area contributed by atoms with Crippen molar-refractivity contribution in [2.75, 3.05) is 52.5 Å². The quantitative estimate of drug-likeness (QED) is 0.692. The van der Waals surface area contributed by atoms with Crippen LogP contribution < -0.4 is 0 Å². The van der Waals surface area contributed by atoms with Crippen LogP contribution in [0.25, 0.3) is 0 Å². The van der Waals surface area contributed by atoms with Crippen LogP contribution in [-0.2, 0) is 4.74 Å². The molecule has 1 saturated heterocycles. The molecule has 3 nitrogen and oxygen atoms in total. The molecular weight excluding hydrogens is 188 g/mol. The highest BCUT2D eigenvalue weighted by atomic mass is 16.5. The van der Waals surface area contributed by atoms with Gasteiger partial charge in [0.1, 0.15) is 0 Å². The first-order valence-corrected chi connectivity index (χ1v) is 6.39. The molecule has 1 rings (SSSR count). The summed E-state index contributed by atoms with van der Waals surface area (Å²) in [5.41, 5.74) is 0. The van der Waals surface area contributed by atoms with E-state index in [1.54, 1.807) is 0 Å². The lowest BCUT2D eigenvalue weighted by Gasteiger charge is -2.20. The van der Waals surface area contributed by atoms with Gasteiger partial charge in [-0.05, 0) is 39.0 Å². The fourth-order valence-corrected chi connectivity index (χ4v) is 2.02. The molecule has 1 aliphatic rings. The first kappa shape index (κ1) is 12.9. The van der Waals surface area contributed by atoms with E-state index in [9.17, 15) is 0 Å². The maximum absolute atomic E-state index is 5.65. The van der Waals surface area contributed by atoms with Gasteiger partial charge >= 0.3 is 0 Å². The van der Waals surface area contributed by atoms with Gasteiger partial charge in [0.15, 0.2) is 0 Å². The van der Waals surface area contributed by atoms with Crippen molar-refractivity contribution < 1.29 is 4.74 Å². The van der Waals surface area contributed by atoms with Gasteiger partial charge in [0.05, 0.1) is 13.2 Å². The number of hydrogen-bond donors (Lipinski definition) is 0. The molecule has 0 atom stereocenters. The molecule has 0 saturated carbocycles. The highest BCUT2D eigenvalue weighted by Gasteiger charge is 2.06. The zero-order valence-electron chi connectivity index (χ0n) is 10.4.